The molecule has 0 aliphatic carbocycles. The minimum absolute atomic E-state index is 0.160. The van der Waals surface area contributed by atoms with Crippen LogP contribution in [0.4, 0.5) is 11.6 Å². The zero-order valence-electron chi connectivity index (χ0n) is 19.2. The first-order chi connectivity index (χ1) is 16.4. The largest absolute Gasteiger partial charge is 0.383 e. The van der Waals surface area contributed by atoms with Gasteiger partial charge in [0.1, 0.15) is 12.2 Å². The first kappa shape index (κ1) is 23.3. The molecule has 34 heavy (non-hydrogen) atoms. The van der Waals surface area contributed by atoms with Crippen molar-refractivity contribution in [1.29, 1.82) is 5.26 Å². The van der Waals surface area contributed by atoms with Crippen LogP contribution in [0.1, 0.15) is 31.4 Å². The number of rotatable bonds is 6. The van der Waals surface area contributed by atoms with E-state index in [0.29, 0.717) is 32.1 Å². The van der Waals surface area contributed by atoms with Crippen LogP contribution in [0.5, 0.6) is 0 Å². The van der Waals surface area contributed by atoms with Crippen LogP contribution in [-0.2, 0) is 25.7 Å². The highest BCUT2D eigenvalue weighted by Crippen LogP contribution is 2.42. The molecule has 12 heteroatoms. The van der Waals surface area contributed by atoms with E-state index in [1.165, 1.54) is 7.11 Å². The van der Waals surface area contributed by atoms with E-state index in [2.05, 4.69) is 27.9 Å². The molecule has 0 radical (unpaired) electrons. The van der Waals surface area contributed by atoms with Crippen molar-refractivity contribution in [3.05, 3.63) is 17.8 Å². The molecule has 2 aromatic heterocycles. The number of hydrogen-bond donors (Lipinski definition) is 4. The Kier molecular flexibility index (Phi) is 6.83. The maximum atomic E-state index is 12.5. The average Bonchev–Trinajstić information content (AvgIpc) is 3.44. The Bertz CT molecular complexity index is 1130. The molecular weight excluding hydrogens is 440 g/mol. The van der Waals surface area contributed by atoms with Crippen molar-refractivity contribution in [3.8, 4) is 17.3 Å². The molecule has 4 heterocycles. The molecule has 0 unspecified atom stereocenters. The van der Waals surface area contributed by atoms with Gasteiger partial charge in [0.05, 0.1) is 24.4 Å². The quantitative estimate of drug-likeness (QED) is 0.361. The van der Waals surface area contributed by atoms with Gasteiger partial charge in [0.2, 0.25) is 5.91 Å². The van der Waals surface area contributed by atoms with E-state index in [1.54, 1.807) is 4.90 Å². The van der Waals surface area contributed by atoms with Crippen molar-refractivity contribution < 1.29 is 19.1 Å². The summed E-state index contributed by atoms with van der Waals surface area (Å²) in [5, 5.41) is 22.1. The first-order valence-electron chi connectivity index (χ1n) is 11.2. The number of hydrogen-bond acceptors (Lipinski definition) is 7. The smallest absolute Gasteiger partial charge is 0.314 e. The maximum Gasteiger partial charge on any atom is 0.314 e. The highest BCUT2D eigenvalue weighted by Gasteiger charge is 2.36. The molecule has 0 saturated carbocycles. The fraction of sp³-hybridized carbons (Fsp3) is 0.500. The van der Waals surface area contributed by atoms with E-state index in [0.717, 1.165) is 29.1 Å². The predicted octanol–water partition coefficient (Wildman–Crippen LogP) is 0.828. The lowest BCUT2D eigenvalue weighted by molar-refractivity contribution is -0.136. The summed E-state index contributed by atoms with van der Waals surface area (Å²) in [4.78, 5) is 42.0. The van der Waals surface area contributed by atoms with Crippen LogP contribution in [0.25, 0.3) is 11.3 Å². The van der Waals surface area contributed by atoms with Gasteiger partial charge in [-0.2, -0.15) is 10.4 Å². The van der Waals surface area contributed by atoms with Crippen molar-refractivity contribution in [2.24, 2.45) is 5.92 Å². The van der Waals surface area contributed by atoms with E-state index in [-0.39, 0.29) is 30.8 Å². The topological polar surface area (TPSA) is 157 Å². The van der Waals surface area contributed by atoms with Crippen LogP contribution in [-0.4, -0.2) is 70.7 Å². The molecule has 1 fully saturated rings. The lowest BCUT2D eigenvalue weighted by Crippen LogP contribution is -2.44. The summed E-state index contributed by atoms with van der Waals surface area (Å²) in [5.41, 5.74) is 2.49. The third-order valence-electron chi connectivity index (χ3n) is 6.30. The zero-order chi connectivity index (χ0) is 24.2. The Morgan fingerprint density at radius 2 is 2.18 bits per heavy atom. The molecule has 2 aliphatic rings. The third-order valence-corrected chi connectivity index (χ3v) is 6.30. The number of aromatic nitrogens is 3. The van der Waals surface area contributed by atoms with E-state index >= 15 is 0 Å². The number of nitrogens with one attached hydrogen (secondary N) is 4. The number of anilines is 2. The standard InChI is InChI=1S/C22H28N8O4/c1-13-5-9-29(17(31)3-6-23)12-16(13)30-18-14-4-7-24-19(14)26-11-15(18)20(28-30)27-22(33)21(32)25-8-10-34-2/h4,7,13,16,24,26H,3,5,8-12H2,1-2H3,(H,25,32)(H,27,28,33)/t13-,16+/m1/s1. The number of amides is 3. The second-order valence-electron chi connectivity index (χ2n) is 8.45. The van der Waals surface area contributed by atoms with Gasteiger partial charge in [-0.05, 0) is 18.4 Å². The van der Waals surface area contributed by atoms with Crippen LogP contribution in [0.2, 0.25) is 0 Å². The summed E-state index contributed by atoms with van der Waals surface area (Å²) in [6.45, 7) is 4.02. The SMILES string of the molecule is COCCNC(=O)C(=O)Nc1nn([C@H]2CN(C(=O)CC#N)CC[C@H]2C)c2c1CNc1[nH]ccc1-2. The number of nitriles is 1. The van der Waals surface area contributed by atoms with Crippen molar-refractivity contribution in [1.82, 2.24) is 25.0 Å². The molecule has 0 bridgehead atoms. The normalized spacial score (nSPS) is 18.8. The number of carbonyl (C=O) groups is 3. The molecule has 12 nitrogen and oxygen atoms in total. The van der Waals surface area contributed by atoms with E-state index < -0.39 is 11.8 Å². The van der Waals surface area contributed by atoms with Crippen LogP contribution in [0, 0.1) is 17.2 Å². The Morgan fingerprint density at radius 1 is 1.35 bits per heavy atom. The van der Waals surface area contributed by atoms with Gasteiger partial charge in [-0.15, -0.1) is 0 Å². The van der Waals surface area contributed by atoms with E-state index in [4.69, 9.17) is 15.1 Å². The molecule has 0 spiro atoms. The summed E-state index contributed by atoms with van der Waals surface area (Å²) >= 11 is 0. The molecular formula is C22H28N8O4. The Hall–Kier alpha value is -3.85. The number of ether oxygens (including phenoxy) is 1. The highest BCUT2D eigenvalue weighted by atomic mass is 16.5. The van der Waals surface area contributed by atoms with Crippen LogP contribution in [0.15, 0.2) is 12.3 Å². The third kappa shape index (κ3) is 4.47. The zero-order valence-corrected chi connectivity index (χ0v) is 19.2. The van der Waals surface area contributed by atoms with Gasteiger partial charge < -0.3 is 30.6 Å². The second-order valence-corrected chi connectivity index (χ2v) is 8.45. The van der Waals surface area contributed by atoms with E-state index in [1.807, 2.05) is 23.0 Å². The fourth-order valence-electron chi connectivity index (χ4n) is 4.44. The molecule has 180 valence electrons. The van der Waals surface area contributed by atoms with Gasteiger partial charge in [-0.3, -0.25) is 19.1 Å². The van der Waals surface area contributed by atoms with Gasteiger partial charge in [0, 0.05) is 50.6 Å². The van der Waals surface area contributed by atoms with Crippen LogP contribution >= 0.6 is 0 Å². The summed E-state index contributed by atoms with van der Waals surface area (Å²) in [7, 11) is 1.51. The minimum Gasteiger partial charge on any atom is -0.383 e. The van der Waals surface area contributed by atoms with Gasteiger partial charge in [0.25, 0.3) is 0 Å². The van der Waals surface area contributed by atoms with Gasteiger partial charge >= 0.3 is 11.8 Å². The predicted molar refractivity (Wildman–Crippen MR) is 122 cm³/mol. The van der Waals surface area contributed by atoms with Crippen molar-refractivity contribution in [2.45, 2.75) is 32.4 Å². The summed E-state index contributed by atoms with van der Waals surface area (Å²) in [5.74, 6) is -0.450. The molecule has 4 rings (SSSR count). The molecule has 2 atom stereocenters. The molecule has 1 saturated heterocycles. The first-order valence-corrected chi connectivity index (χ1v) is 11.2. The molecule has 3 amide bonds. The Labute approximate surface area is 196 Å². The number of carbonyl (C=O) groups excluding carboxylic acids is 3. The number of fused-ring (bicyclic) bond motifs is 3. The number of likely N-dealkylation sites (tertiary alicyclic amines) is 1. The van der Waals surface area contributed by atoms with Gasteiger partial charge in [0.15, 0.2) is 5.82 Å². The number of H-pyrrole nitrogens is 1. The highest BCUT2D eigenvalue weighted by molar-refractivity contribution is 6.39. The number of piperidine rings is 1. The Balaban J connectivity index is 1.66. The van der Waals surface area contributed by atoms with Crippen LogP contribution < -0.4 is 16.0 Å². The lowest BCUT2D eigenvalue weighted by atomic mass is 9.92. The number of nitrogens with zero attached hydrogens (tertiary/aromatic N) is 4. The molecule has 4 N–H and O–H groups in total. The van der Waals surface area contributed by atoms with Crippen LogP contribution in [0.3, 0.4) is 0 Å². The average molecular weight is 469 g/mol. The second kappa shape index (κ2) is 9.96. The maximum absolute atomic E-state index is 12.5. The molecule has 2 aliphatic heterocycles. The summed E-state index contributed by atoms with van der Waals surface area (Å²) in [6.07, 6.45) is 2.42. The molecule has 0 aromatic carbocycles. The number of methoxy groups -OCH3 is 1. The van der Waals surface area contributed by atoms with Crippen molar-refractivity contribution >= 4 is 29.4 Å². The Morgan fingerprint density at radius 3 is 2.94 bits per heavy atom. The van der Waals surface area contributed by atoms with E-state index in [9.17, 15) is 14.4 Å². The number of aromatic amines is 1. The van der Waals surface area contributed by atoms with Crippen molar-refractivity contribution in [2.75, 3.05) is 44.0 Å². The minimum atomic E-state index is -0.814. The summed E-state index contributed by atoms with van der Waals surface area (Å²) < 4.78 is 6.75. The fourth-order valence-corrected chi connectivity index (χ4v) is 4.44. The lowest BCUT2D eigenvalue weighted by Gasteiger charge is -2.37. The summed E-state index contributed by atoms with van der Waals surface area (Å²) in [6, 6.07) is 3.69. The van der Waals surface area contributed by atoms with Crippen molar-refractivity contribution in [3.63, 3.8) is 0 Å². The molecule has 2 aromatic rings. The van der Waals surface area contributed by atoms with Gasteiger partial charge in [-0.25, -0.2) is 0 Å². The monoisotopic (exact) mass is 468 g/mol. The van der Waals surface area contributed by atoms with Gasteiger partial charge in [-0.1, -0.05) is 6.92 Å².